The minimum absolute atomic E-state index is 0.00111. The van der Waals surface area contributed by atoms with Gasteiger partial charge in [-0.15, -0.1) is 0 Å². The van der Waals surface area contributed by atoms with Crippen LogP contribution in [0, 0.1) is 0 Å². The summed E-state index contributed by atoms with van der Waals surface area (Å²) in [6, 6.07) is 1.83. The quantitative estimate of drug-likeness (QED) is 0.0146. The van der Waals surface area contributed by atoms with Crippen molar-refractivity contribution in [3.05, 3.63) is 65.7 Å². The number of phenols is 1. The van der Waals surface area contributed by atoms with E-state index in [9.17, 15) is 67.4 Å². The number of rotatable bonds is 25. The lowest BCUT2D eigenvalue weighted by Gasteiger charge is -2.31. The molecule has 90 heavy (non-hydrogen) atoms. The third kappa shape index (κ3) is 22.5. The van der Waals surface area contributed by atoms with Crippen molar-refractivity contribution in [1.82, 2.24) is 58.1 Å². The summed E-state index contributed by atoms with van der Waals surface area (Å²) in [6.45, 7) is -0.533. The fourth-order valence-corrected chi connectivity index (χ4v) is 14.3. The van der Waals surface area contributed by atoms with Crippen LogP contribution in [0.2, 0.25) is 0 Å². The summed E-state index contributed by atoms with van der Waals surface area (Å²) in [7, 11) is 1.92. The van der Waals surface area contributed by atoms with Gasteiger partial charge in [0.1, 0.15) is 54.1 Å². The first-order valence-corrected chi connectivity index (χ1v) is 32.8. The Hall–Kier alpha value is -8.53. The lowest BCUT2D eigenvalue weighted by atomic mass is 10.0. The SMILES string of the molecule is NC(=O)CCC1NC(=O)C(Cc2ccccc2)NC(=O)C(Cc2ccc(O)cc2)NC(=O)C(NC(=O)CCCCC2SCC3NC(=O)NC32)CSSCC(C(=O)N2CCCC2C(=O)NC(CCCN=C(N)N)C(=O)NCC(N)=O)NC(=O)C(CC(N)=O)NC1=O. The van der Waals surface area contributed by atoms with E-state index in [1.807, 2.05) is 0 Å². The van der Waals surface area contributed by atoms with Crippen molar-refractivity contribution >= 4 is 116 Å². The Morgan fingerprint density at radius 2 is 1.29 bits per heavy atom. The van der Waals surface area contributed by atoms with Crippen LogP contribution in [0.15, 0.2) is 59.6 Å². The van der Waals surface area contributed by atoms with Gasteiger partial charge >= 0.3 is 6.03 Å². The molecule has 0 radical (unpaired) electrons. The first-order chi connectivity index (χ1) is 42.9. The van der Waals surface area contributed by atoms with Gasteiger partial charge in [0.05, 0.1) is 25.0 Å². The summed E-state index contributed by atoms with van der Waals surface area (Å²) in [5, 5.41) is 36.9. The molecule has 11 unspecified atom stereocenters. The molecule has 6 rings (SSSR count). The summed E-state index contributed by atoms with van der Waals surface area (Å²) in [6.07, 6.45) is -0.0875. The molecule has 0 aromatic heterocycles. The monoisotopic (exact) mass is 1310 g/mol. The lowest BCUT2D eigenvalue weighted by molar-refractivity contribution is -0.142. The van der Waals surface area contributed by atoms with Crippen LogP contribution in [0.25, 0.3) is 0 Å². The molecule has 31 nitrogen and oxygen atoms in total. The maximum Gasteiger partial charge on any atom is 0.315 e. The van der Waals surface area contributed by atoms with E-state index in [0.717, 1.165) is 27.3 Å². The summed E-state index contributed by atoms with van der Waals surface area (Å²) >= 11 is 1.72. The number of benzene rings is 2. The van der Waals surface area contributed by atoms with Crippen LogP contribution in [-0.2, 0) is 70.4 Å². The van der Waals surface area contributed by atoms with E-state index < -0.39 is 145 Å². The molecule has 2 aromatic rings. The van der Waals surface area contributed by atoms with Crippen molar-refractivity contribution in [1.29, 1.82) is 0 Å². The second-order valence-electron chi connectivity index (χ2n) is 22.0. The van der Waals surface area contributed by atoms with E-state index in [2.05, 4.69) is 58.2 Å². The molecule has 14 amide bonds. The van der Waals surface area contributed by atoms with Crippen LogP contribution >= 0.6 is 33.3 Å². The van der Waals surface area contributed by atoms with Crippen molar-refractivity contribution < 1.29 is 67.4 Å². The highest BCUT2D eigenvalue weighted by molar-refractivity contribution is 8.76. The smallest absolute Gasteiger partial charge is 0.315 e. The third-order valence-corrected chi connectivity index (χ3v) is 19.0. The van der Waals surface area contributed by atoms with Gasteiger partial charge in [-0.1, -0.05) is 70.5 Å². The highest BCUT2D eigenvalue weighted by Gasteiger charge is 2.44. The molecule has 490 valence electrons. The second-order valence-corrected chi connectivity index (χ2v) is 25.8. The number of primary amides is 3. The number of unbranched alkanes of at least 4 members (excludes halogenated alkanes) is 1. The van der Waals surface area contributed by atoms with Gasteiger partial charge in [0, 0.05) is 61.3 Å². The van der Waals surface area contributed by atoms with Gasteiger partial charge in [0.25, 0.3) is 0 Å². The van der Waals surface area contributed by atoms with E-state index in [0.29, 0.717) is 30.4 Å². The number of nitrogens with zero attached hydrogens (tertiary/aromatic N) is 2. The number of aliphatic imine (C=N–C) groups is 1. The Kier molecular flexibility index (Phi) is 27.5. The van der Waals surface area contributed by atoms with Crippen molar-refractivity contribution in [3.8, 4) is 5.75 Å². The van der Waals surface area contributed by atoms with E-state index in [1.54, 1.807) is 42.1 Å². The van der Waals surface area contributed by atoms with Crippen LogP contribution in [0.1, 0.15) is 81.8 Å². The largest absolute Gasteiger partial charge is 0.508 e. The van der Waals surface area contributed by atoms with Crippen LogP contribution in [0.4, 0.5) is 4.79 Å². The van der Waals surface area contributed by atoms with Gasteiger partial charge in [0.2, 0.25) is 70.9 Å². The van der Waals surface area contributed by atoms with Gasteiger partial charge < -0.3 is 91.8 Å². The number of nitrogens with one attached hydrogen (secondary N) is 10. The number of fused-ring (bicyclic) bond motifs is 1. The Morgan fingerprint density at radius 1 is 0.656 bits per heavy atom. The molecular weight excluding hydrogens is 1230 g/mol. The molecule has 4 saturated heterocycles. The van der Waals surface area contributed by atoms with Gasteiger partial charge in [0.15, 0.2) is 5.96 Å². The number of hydrogen-bond donors (Lipinski definition) is 16. The number of aromatic hydroxyl groups is 1. The second kappa shape index (κ2) is 35.0. The summed E-state index contributed by atoms with van der Waals surface area (Å²) in [5.74, 6) is -10.9. The third-order valence-electron chi connectivity index (χ3n) is 15.0. The fourth-order valence-electron chi connectivity index (χ4n) is 10.4. The number of carbonyl (C=O) groups excluding carboxylic acids is 13. The first-order valence-electron chi connectivity index (χ1n) is 29.3. The normalized spacial score (nSPS) is 24.6. The standard InChI is InChI=1S/C56H79N17O14S3/c57-42(75)19-18-33-48(80)69-36(24-43(58)76)51(83)70-39(54(86)73-21-7-11-40(73)53(85)66-32(10-6-20-62-55(60)61)47(79)63-25-44(59)77)28-90-89-27-38(64-45(78)13-5-4-12-41-46-37(26-88-41)71-56(87)72-46)52(84)68-35(23-30-14-16-31(74)17-15-30)50(82)67-34(49(81)65-33)22-29-8-2-1-3-9-29/h1-3,8-9,14-17,32-41,46,74H,4-7,10-13,18-28H2,(H2,57,75)(H2,58,76)(H2,59,77)(H,63,79)(H,64,78)(H,65,81)(H,66,85)(H,67,82)(H,68,84)(H,69,80)(H,70,83)(H4,60,61,62)(H2,71,72,87). The Morgan fingerprint density at radius 3 is 1.96 bits per heavy atom. The number of phenolic OH excluding ortho intramolecular Hbond substituents is 1. The minimum atomic E-state index is -1.85. The van der Waals surface area contributed by atoms with E-state index in [-0.39, 0.29) is 105 Å². The van der Waals surface area contributed by atoms with E-state index in [1.165, 1.54) is 29.2 Å². The molecule has 34 heteroatoms. The van der Waals surface area contributed by atoms with Crippen LogP contribution < -0.4 is 81.8 Å². The molecule has 2 aromatic carbocycles. The molecular formula is C56H79N17O14S3. The maximum absolute atomic E-state index is 15.0. The van der Waals surface area contributed by atoms with Gasteiger partial charge in [-0.05, 0) is 68.2 Å². The molecule has 4 aliphatic rings. The van der Waals surface area contributed by atoms with Gasteiger partial charge in [-0.2, -0.15) is 11.8 Å². The fraction of sp³-hybridized carbons (Fsp3) is 0.536. The zero-order valence-electron chi connectivity index (χ0n) is 49.2. The van der Waals surface area contributed by atoms with Crippen molar-refractivity contribution in [2.45, 2.75) is 149 Å². The Balaban J connectivity index is 1.34. The number of amides is 14. The molecule has 0 bridgehead atoms. The van der Waals surface area contributed by atoms with E-state index >= 15 is 0 Å². The molecule has 11 atom stereocenters. The predicted octanol–water partition coefficient (Wildman–Crippen LogP) is -4.52. The lowest BCUT2D eigenvalue weighted by Crippen LogP contribution is -2.61. The molecule has 21 N–H and O–H groups in total. The minimum Gasteiger partial charge on any atom is -0.508 e. The molecule has 4 aliphatic heterocycles. The van der Waals surface area contributed by atoms with Crippen LogP contribution in [0.3, 0.4) is 0 Å². The zero-order chi connectivity index (χ0) is 65.4. The van der Waals surface area contributed by atoms with Crippen LogP contribution in [0.5, 0.6) is 5.75 Å². The van der Waals surface area contributed by atoms with Crippen LogP contribution in [-0.4, -0.2) is 195 Å². The summed E-state index contributed by atoms with van der Waals surface area (Å²) in [5.41, 5.74) is 28.3. The highest BCUT2D eigenvalue weighted by atomic mass is 33.1. The van der Waals surface area contributed by atoms with Crippen molar-refractivity contribution in [2.24, 2.45) is 33.7 Å². The number of likely N-dealkylation sites (tertiary alicyclic amines) is 1. The Labute approximate surface area is 530 Å². The Bertz CT molecular complexity index is 2970. The average molecular weight is 1310 g/mol. The van der Waals surface area contributed by atoms with Crippen molar-refractivity contribution in [2.75, 3.05) is 36.9 Å². The molecule has 4 heterocycles. The number of nitrogens with two attached hydrogens (primary N) is 5. The summed E-state index contributed by atoms with van der Waals surface area (Å²) < 4.78 is 0. The maximum atomic E-state index is 15.0. The number of hydrogen-bond acceptors (Lipinski definition) is 18. The number of urea groups is 1. The highest BCUT2D eigenvalue weighted by Crippen LogP contribution is 2.33. The average Bonchev–Trinajstić information content (AvgIpc) is 1.93. The van der Waals surface area contributed by atoms with Gasteiger partial charge in [-0.25, -0.2) is 4.79 Å². The first kappa shape index (κ1) is 70.6. The molecule has 0 aliphatic carbocycles. The zero-order valence-corrected chi connectivity index (χ0v) is 51.7. The molecule has 4 fully saturated rings. The number of guanidine groups is 1. The van der Waals surface area contributed by atoms with Gasteiger partial charge in [-0.3, -0.25) is 62.5 Å². The van der Waals surface area contributed by atoms with Crippen molar-refractivity contribution in [3.63, 3.8) is 0 Å². The molecule has 0 saturated carbocycles. The summed E-state index contributed by atoms with van der Waals surface area (Å²) in [4.78, 5) is 183. The predicted molar refractivity (Wildman–Crippen MR) is 333 cm³/mol. The number of thioether (sulfide) groups is 1. The topological polar surface area (TPSA) is 508 Å². The van der Waals surface area contributed by atoms with E-state index in [4.69, 9.17) is 28.7 Å². The number of carbonyl (C=O) groups is 13. The molecule has 0 spiro atoms.